The molecule has 0 aliphatic carbocycles. The molecule has 0 fully saturated rings. The maximum atomic E-state index is 9.28. The number of rotatable bonds is 4. The van der Waals surface area contributed by atoms with Crippen LogP contribution in [0.15, 0.2) is 6.33 Å². The third-order valence-electron chi connectivity index (χ3n) is 1.93. The van der Waals surface area contributed by atoms with E-state index in [0.29, 0.717) is 5.82 Å². The summed E-state index contributed by atoms with van der Waals surface area (Å²) in [6.45, 7) is 4.55. The van der Waals surface area contributed by atoms with Crippen molar-refractivity contribution in [3.63, 3.8) is 0 Å². The van der Waals surface area contributed by atoms with Gasteiger partial charge in [0.05, 0.1) is 12.1 Å². The Morgan fingerprint density at radius 3 is 2.92 bits per heavy atom. The predicted octanol–water partition coefficient (Wildman–Crippen LogP) is 0.0687. The van der Waals surface area contributed by atoms with Crippen molar-refractivity contribution in [1.82, 2.24) is 14.8 Å². The first-order valence-electron chi connectivity index (χ1n) is 4.48. The van der Waals surface area contributed by atoms with Crippen molar-refractivity contribution in [2.45, 2.75) is 39.0 Å². The zero-order valence-electron chi connectivity index (χ0n) is 8.01. The number of hydrogen-bond donors (Lipinski definition) is 2. The van der Waals surface area contributed by atoms with E-state index < -0.39 is 12.1 Å². The summed E-state index contributed by atoms with van der Waals surface area (Å²) in [6.07, 6.45) is 2.04. The largest absolute Gasteiger partial charge is 0.391 e. The summed E-state index contributed by atoms with van der Waals surface area (Å²) in [5.74, 6) is 0.650. The normalized spacial score (nSPS) is 15.7. The van der Waals surface area contributed by atoms with Crippen LogP contribution in [-0.4, -0.2) is 26.0 Å². The first kappa shape index (κ1) is 10.1. The fourth-order valence-electron chi connectivity index (χ4n) is 1.15. The van der Waals surface area contributed by atoms with Gasteiger partial charge in [-0.1, -0.05) is 6.92 Å². The third kappa shape index (κ3) is 2.26. The van der Waals surface area contributed by atoms with Crippen LogP contribution in [0.25, 0.3) is 0 Å². The average Bonchev–Trinajstić information content (AvgIpc) is 2.52. The highest BCUT2D eigenvalue weighted by Gasteiger charge is 2.17. The minimum Gasteiger partial charge on any atom is -0.391 e. The van der Waals surface area contributed by atoms with Crippen molar-refractivity contribution in [2.75, 3.05) is 0 Å². The molecule has 0 aromatic carbocycles. The molecule has 1 aromatic rings. The summed E-state index contributed by atoms with van der Waals surface area (Å²) in [7, 11) is 0. The van der Waals surface area contributed by atoms with Crippen LogP contribution in [0.4, 0.5) is 0 Å². The molecule has 5 heteroatoms. The fourth-order valence-corrected chi connectivity index (χ4v) is 1.15. The van der Waals surface area contributed by atoms with Crippen molar-refractivity contribution in [3.05, 3.63) is 12.2 Å². The molecule has 0 radical (unpaired) electrons. The van der Waals surface area contributed by atoms with E-state index in [1.54, 1.807) is 13.3 Å². The average molecular weight is 184 g/mol. The molecule has 0 bridgehead atoms. The number of aliphatic hydroxyl groups is 1. The number of nitrogens with zero attached hydrogens (tertiary/aromatic N) is 3. The van der Waals surface area contributed by atoms with Gasteiger partial charge >= 0.3 is 0 Å². The van der Waals surface area contributed by atoms with E-state index in [-0.39, 0.29) is 0 Å². The Labute approximate surface area is 77.6 Å². The number of hydrogen-bond acceptors (Lipinski definition) is 4. The van der Waals surface area contributed by atoms with Crippen molar-refractivity contribution < 1.29 is 5.11 Å². The zero-order chi connectivity index (χ0) is 9.84. The lowest BCUT2D eigenvalue weighted by molar-refractivity contribution is 0.158. The van der Waals surface area contributed by atoms with Crippen molar-refractivity contribution in [2.24, 2.45) is 5.73 Å². The van der Waals surface area contributed by atoms with Crippen LogP contribution in [0, 0.1) is 0 Å². The summed E-state index contributed by atoms with van der Waals surface area (Å²) in [5.41, 5.74) is 5.74. The van der Waals surface area contributed by atoms with Gasteiger partial charge in [0.15, 0.2) is 5.82 Å². The lowest BCUT2D eigenvalue weighted by atomic mass is 10.2. The highest BCUT2D eigenvalue weighted by atomic mass is 16.3. The Morgan fingerprint density at radius 1 is 1.69 bits per heavy atom. The van der Waals surface area contributed by atoms with Crippen LogP contribution in [0.2, 0.25) is 0 Å². The third-order valence-corrected chi connectivity index (χ3v) is 1.93. The Morgan fingerprint density at radius 2 is 2.38 bits per heavy atom. The van der Waals surface area contributed by atoms with Crippen molar-refractivity contribution >= 4 is 0 Å². The summed E-state index contributed by atoms with van der Waals surface area (Å²) in [5, 5.41) is 16.9. The summed E-state index contributed by atoms with van der Waals surface area (Å²) >= 11 is 0. The Balaban J connectivity index is 2.80. The van der Waals surface area contributed by atoms with E-state index in [4.69, 9.17) is 5.73 Å². The van der Waals surface area contributed by atoms with Crippen LogP contribution in [0.1, 0.15) is 32.1 Å². The highest BCUT2D eigenvalue weighted by molar-refractivity contribution is 4.95. The smallest absolute Gasteiger partial charge is 0.152 e. The van der Waals surface area contributed by atoms with Gasteiger partial charge in [-0.15, -0.1) is 10.2 Å². The highest BCUT2D eigenvalue weighted by Crippen LogP contribution is 2.11. The molecule has 0 aliphatic rings. The van der Waals surface area contributed by atoms with Gasteiger partial charge < -0.3 is 15.4 Å². The van der Waals surface area contributed by atoms with Gasteiger partial charge in [-0.3, -0.25) is 0 Å². The molecule has 3 N–H and O–H groups in total. The van der Waals surface area contributed by atoms with E-state index in [9.17, 15) is 5.11 Å². The SMILES string of the molecule is CCCn1cnnc1[C@@H](N)[C@@H](C)O. The monoisotopic (exact) mass is 184 g/mol. The minimum absolute atomic E-state index is 0.450. The van der Waals surface area contributed by atoms with Crippen molar-refractivity contribution in [3.8, 4) is 0 Å². The molecule has 2 atom stereocenters. The summed E-state index contributed by atoms with van der Waals surface area (Å²) in [6, 6.07) is -0.450. The molecule has 0 amide bonds. The molecule has 0 saturated carbocycles. The molecule has 74 valence electrons. The van der Waals surface area contributed by atoms with Gasteiger partial charge in [-0.2, -0.15) is 0 Å². The van der Waals surface area contributed by atoms with Gasteiger partial charge in [-0.05, 0) is 13.3 Å². The summed E-state index contributed by atoms with van der Waals surface area (Å²) < 4.78 is 1.87. The molecule has 0 aliphatic heterocycles. The quantitative estimate of drug-likeness (QED) is 0.694. The van der Waals surface area contributed by atoms with Gasteiger partial charge in [0, 0.05) is 6.54 Å². The molecule has 5 nitrogen and oxygen atoms in total. The van der Waals surface area contributed by atoms with Crippen LogP contribution in [-0.2, 0) is 6.54 Å². The van der Waals surface area contributed by atoms with Gasteiger partial charge in [0.1, 0.15) is 6.33 Å². The van der Waals surface area contributed by atoms with E-state index >= 15 is 0 Å². The number of aliphatic hydroxyl groups excluding tert-OH is 1. The van der Waals surface area contributed by atoms with E-state index in [1.165, 1.54) is 0 Å². The molecule has 0 unspecified atom stereocenters. The molecule has 1 heterocycles. The molecule has 0 spiro atoms. The predicted molar refractivity (Wildman–Crippen MR) is 48.9 cm³/mol. The lowest BCUT2D eigenvalue weighted by Gasteiger charge is -2.14. The number of nitrogens with two attached hydrogens (primary N) is 1. The zero-order valence-corrected chi connectivity index (χ0v) is 8.01. The topological polar surface area (TPSA) is 77.0 Å². The van der Waals surface area contributed by atoms with Gasteiger partial charge in [-0.25, -0.2) is 0 Å². The van der Waals surface area contributed by atoms with E-state index in [1.807, 2.05) is 4.57 Å². The molecule has 13 heavy (non-hydrogen) atoms. The minimum atomic E-state index is -0.597. The van der Waals surface area contributed by atoms with Crippen LogP contribution in [0.3, 0.4) is 0 Å². The van der Waals surface area contributed by atoms with E-state index in [2.05, 4.69) is 17.1 Å². The number of aryl methyl sites for hydroxylation is 1. The maximum Gasteiger partial charge on any atom is 0.152 e. The lowest BCUT2D eigenvalue weighted by Crippen LogP contribution is -2.26. The second kappa shape index (κ2) is 4.34. The second-order valence-corrected chi connectivity index (χ2v) is 3.15. The summed E-state index contributed by atoms with van der Waals surface area (Å²) in [4.78, 5) is 0. The number of aromatic nitrogens is 3. The fraction of sp³-hybridized carbons (Fsp3) is 0.750. The molecular formula is C8H16N4O. The van der Waals surface area contributed by atoms with Gasteiger partial charge in [0.25, 0.3) is 0 Å². The first-order valence-corrected chi connectivity index (χ1v) is 4.48. The molecule has 1 aromatic heterocycles. The first-order chi connectivity index (χ1) is 6.16. The molecule has 0 saturated heterocycles. The standard InChI is InChI=1S/C8H16N4O/c1-3-4-12-5-10-11-8(12)7(9)6(2)13/h5-7,13H,3-4,9H2,1-2H3/t6-,7+/m1/s1. The molecular weight excluding hydrogens is 168 g/mol. The van der Waals surface area contributed by atoms with Gasteiger partial charge in [0.2, 0.25) is 0 Å². The maximum absolute atomic E-state index is 9.28. The van der Waals surface area contributed by atoms with Crippen LogP contribution < -0.4 is 5.73 Å². The van der Waals surface area contributed by atoms with Crippen LogP contribution >= 0.6 is 0 Å². The van der Waals surface area contributed by atoms with Crippen molar-refractivity contribution in [1.29, 1.82) is 0 Å². The Hall–Kier alpha value is -0.940. The Kier molecular flexibility index (Phi) is 3.39. The van der Waals surface area contributed by atoms with Crippen LogP contribution in [0.5, 0.6) is 0 Å². The molecule has 1 rings (SSSR count). The van der Waals surface area contributed by atoms with E-state index in [0.717, 1.165) is 13.0 Å². The second-order valence-electron chi connectivity index (χ2n) is 3.15. The Bertz CT molecular complexity index is 258.